The van der Waals surface area contributed by atoms with Crippen molar-refractivity contribution in [3.63, 3.8) is 0 Å². The lowest BCUT2D eigenvalue weighted by Crippen LogP contribution is -2.16. The molecule has 0 fully saturated rings. The van der Waals surface area contributed by atoms with Crippen molar-refractivity contribution in [2.75, 3.05) is 14.2 Å². The summed E-state index contributed by atoms with van der Waals surface area (Å²) >= 11 is 5.98. The molecule has 4 rings (SSSR count). The van der Waals surface area contributed by atoms with Gasteiger partial charge in [0.25, 0.3) is 0 Å². The van der Waals surface area contributed by atoms with Crippen LogP contribution >= 0.6 is 11.6 Å². The molecule has 0 spiro atoms. The van der Waals surface area contributed by atoms with Gasteiger partial charge in [-0.2, -0.15) is 0 Å². The van der Waals surface area contributed by atoms with Crippen LogP contribution in [0, 0.1) is 0 Å². The Labute approximate surface area is 182 Å². The van der Waals surface area contributed by atoms with Crippen molar-refractivity contribution in [1.82, 2.24) is 0 Å². The van der Waals surface area contributed by atoms with Crippen LogP contribution in [-0.4, -0.2) is 20.2 Å². The van der Waals surface area contributed by atoms with E-state index < -0.39 is 11.4 Å². The average Bonchev–Trinajstić information content (AvgIpc) is 2.80. The number of para-hydroxylation sites is 1. The van der Waals surface area contributed by atoms with Crippen LogP contribution in [0.1, 0.15) is 10.4 Å². The Bertz CT molecular complexity index is 1320. The first-order valence-corrected chi connectivity index (χ1v) is 9.65. The first-order chi connectivity index (χ1) is 15.0. The summed E-state index contributed by atoms with van der Waals surface area (Å²) in [5.74, 6) is 0.0142. The standard InChI is InChI=1S/C24H17ClO6/c1-28-19-12-9-15(13-20(19)29-2)24(27)31-23-21(26)17-5-3-4-6-18(17)30-22(23)14-7-10-16(25)11-8-14/h3-13H,1-2H3. The monoisotopic (exact) mass is 436 g/mol. The molecule has 0 saturated carbocycles. The maximum Gasteiger partial charge on any atom is 0.343 e. The van der Waals surface area contributed by atoms with E-state index in [2.05, 4.69) is 0 Å². The third-order valence-corrected chi connectivity index (χ3v) is 4.93. The highest BCUT2D eigenvalue weighted by molar-refractivity contribution is 6.30. The van der Waals surface area contributed by atoms with E-state index in [1.807, 2.05) is 0 Å². The van der Waals surface area contributed by atoms with Gasteiger partial charge in [0.2, 0.25) is 11.2 Å². The minimum absolute atomic E-state index is 0.134. The SMILES string of the molecule is COc1ccc(C(=O)Oc2c(-c3ccc(Cl)cc3)oc3ccccc3c2=O)cc1OC. The van der Waals surface area contributed by atoms with Crippen LogP contribution in [-0.2, 0) is 0 Å². The molecule has 0 N–H and O–H groups in total. The number of hydrogen-bond acceptors (Lipinski definition) is 6. The number of esters is 1. The van der Waals surface area contributed by atoms with Crippen LogP contribution in [0.3, 0.4) is 0 Å². The number of rotatable bonds is 5. The van der Waals surface area contributed by atoms with Gasteiger partial charge in [0.1, 0.15) is 5.58 Å². The van der Waals surface area contributed by atoms with Gasteiger partial charge >= 0.3 is 5.97 Å². The minimum Gasteiger partial charge on any atom is -0.493 e. The molecule has 7 heteroatoms. The number of hydrogen-bond donors (Lipinski definition) is 0. The van der Waals surface area contributed by atoms with E-state index in [9.17, 15) is 9.59 Å². The van der Waals surface area contributed by atoms with Crippen molar-refractivity contribution in [3.05, 3.63) is 87.5 Å². The summed E-state index contributed by atoms with van der Waals surface area (Å²) in [7, 11) is 2.96. The number of carbonyl (C=O) groups is 1. The molecule has 0 radical (unpaired) electrons. The number of methoxy groups -OCH3 is 2. The molecule has 3 aromatic carbocycles. The summed E-state index contributed by atoms with van der Waals surface area (Å²) in [6.07, 6.45) is 0. The number of carbonyl (C=O) groups excluding carboxylic acids is 1. The quantitative estimate of drug-likeness (QED) is 0.392. The van der Waals surface area contributed by atoms with Gasteiger partial charge in [0, 0.05) is 10.6 Å². The molecule has 0 saturated heterocycles. The lowest BCUT2D eigenvalue weighted by Gasteiger charge is -2.12. The van der Waals surface area contributed by atoms with E-state index in [0.29, 0.717) is 33.1 Å². The summed E-state index contributed by atoms with van der Waals surface area (Å²) in [5, 5.41) is 0.825. The molecule has 1 heterocycles. The summed E-state index contributed by atoms with van der Waals surface area (Å²) in [4.78, 5) is 26.1. The van der Waals surface area contributed by atoms with Crippen LogP contribution in [0.25, 0.3) is 22.3 Å². The second kappa shape index (κ2) is 8.53. The minimum atomic E-state index is -0.737. The molecular formula is C24H17ClO6. The van der Waals surface area contributed by atoms with Crippen molar-refractivity contribution in [2.45, 2.75) is 0 Å². The van der Waals surface area contributed by atoms with E-state index >= 15 is 0 Å². The fourth-order valence-corrected chi connectivity index (χ4v) is 3.25. The second-order valence-electron chi connectivity index (χ2n) is 6.55. The molecule has 0 aliphatic rings. The predicted octanol–water partition coefficient (Wildman–Crippen LogP) is 5.35. The Morgan fingerprint density at radius 1 is 0.903 bits per heavy atom. The van der Waals surface area contributed by atoms with E-state index in [1.54, 1.807) is 54.6 Å². The van der Waals surface area contributed by atoms with Crippen LogP contribution < -0.4 is 19.6 Å². The van der Waals surface area contributed by atoms with Crippen LogP contribution in [0.2, 0.25) is 5.02 Å². The molecule has 0 amide bonds. The Hall–Kier alpha value is -3.77. The Morgan fingerprint density at radius 3 is 2.32 bits per heavy atom. The first-order valence-electron chi connectivity index (χ1n) is 9.28. The van der Waals surface area contributed by atoms with E-state index in [0.717, 1.165) is 0 Å². The van der Waals surface area contributed by atoms with Gasteiger partial charge in [-0.25, -0.2) is 4.79 Å². The van der Waals surface area contributed by atoms with Crippen molar-refractivity contribution < 1.29 is 23.4 Å². The second-order valence-corrected chi connectivity index (χ2v) is 6.99. The summed E-state index contributed by atoms with van der Waals surface area (Å²) < 4.78 is 21.9. The Kier molecular flexibility index (Phi) is 5.64. The highest BCUT2D eigenvalue weighted by Gasteiger charge is 2.22. The molecular weight excluding hydrogens is 420 g/mol. The predicted molar refractivity (Wildman–Crippen MR) is 117 cm³/mol. The van der Waals surface area contributed by atoms with Crippen molar-refractivity contribution in [1.29, 1.82) is 0 Å². The van der Waals surface area contributed by atoms with E-state index in [4.69, 9.17) is 30.2 Å². The fraction of sp³-hybridized carbons (Fsp3) is 0.0833. The lowest BCUT2D eigenvalue weighted by atomic mass is 10.1. The molecule has 0 bridgehead atoms. The molecule has 0 atom stereocenters. The highest BCUT2D eigenvalue weighted by atomic mass is 35.5. The third kappa shape index (κ3) is 3.98. The van der Waals surface area contributed by atoms with Gasteiger partial charge in [0.05, 0.1) is 25.2 Å². The van der Waals surface area contributed by atoms with Crippen LogP contribution in [0.15, 0.2) is 75.9 Å². The van der Waals surface area contributed by atoms with Gasteiger partial charge in [-0.1, -0.05) is 23.7 Å². The van der Waals surface area contributed by atoms with Gasteiger partial charge < -0.3 is 18.6 Å². The Balaban J connectivity index is 1.83. The maximum atomic E-state index is 13.2. The molecule has 31 heavy (non-hydrogen) atoms. The topological polar surface area (TPSA) is 75.0 Å². The maximum absolute atomic E-state index is 13.2. The van der Waals surface area contributed by atoms with Gasteiger partial charge in [-0.05, 0) is 54.6 Å². The Morgan fingerprint density at radius 2 is 1.61 bits per heavy atom. The summed E-state index contributed by atoms with van der Waals surface area (Å²) in [6.45, 7) is 0. The van der Waals surface area contributed by atoms with Crippen LogP contribution in [0.5, 0.6) is 17.2 Å². The van der Waals surface area contributed by atoms with Crippen molar-refractivity contribution in [2.24, 2.45) is 0 Å². The summed E-state index contributed by atoms with van der Waals surface area (Å²) in [6, 6.07) is 18.0. The average molecular weight is 437 g/mol. The summed E-state index contributed by atoms with van der Waals surface area (Å²) in [5.41, 5.74) is 0.652. The number of halogens is 1. The highest BCUT2D eigenvalue weighted by Crippen LogP contribution is 2.33. The molecule has 0 aliphatic carbocycles. The fourth-order valence-electron chi connectivity index (χ4n) is 3.12. The molecule has 0 unspecified atom stereocenters. The largest absolute Gasteiger partial charge is 0.493 e. The van der Waals surface area contributed by atoms with Gasteiger partial charge in [-0.3, -0.25) is 4.79 Å². The van der Waals surface area contributed by atoms with Gasteiger partial charge in [0.15, 0.2) is 17.3 Å². The van der Waals surface area contributed by atoms with E-state index in [-0.39, 0.29) is 17.1 Å². The lowest BCUT2D eigenvalue weighted by molar-refractivity contribution is 0.0731. The van der Waals surface area contributed by atoms with Crippen molar-refractivity contribution >= 4 is 28.5 Å². The smallest absolute Gasteiger partial charge is 0.343 e. The zero-order chi connectivity index (χ0) is 22.0. The van der Waals surface area contributed by atoms with Crippen molar-refractivity contribution in [3.8, 4) is 28.6 Å². The number of benzene rings is 3. The third-order valence-electron chi connectivity index (χ3n) is 4.68. The molecule has 1 aromatic heterocycles. The molecule has 156 valence electrons. The van der Waals surface area contributed by atoms with E-state index in [1.165, 1.54) is 26.4 Å². The molecule has 0 aliphatic heterocycles. The van der Waals surface area contributed by atoms with Gasteiger partial charge in [-0.15, -0.1) is 0 Å². The molecule has 4 aromatic rings. The first kappa shape index (κ1) is 20.5. The zero-order valence-electron chi connectivity index (χ0n) is 16.7. The molecule has 6 nitrogen and oxygen atoms in total. The number of fused-ring (bicyclic) bond motifs is 1. The van der Waals surface area contributed by atoms with Crippen LogP contribution in [0.4, 0.5) is 0 Å². The zero-order valence-corrected chi connectivity index (χ0v) is 17.4. The number of ether oxygens (including phenoxy) is 3. The normalized spacial score (nSPS) is 10.7.